The van der Waals surface area contributed by atoms with Crippen molar-refractivity contribution in [1.82, 2.24) is 14.8 Å². The lowest BCUT2D eigenvalue weighted by Crippen LogP contribution is -2.17. The van der Waals surface area contributed by atoms with E-state index in [4.69, 9.17) is 0 Å². The number of carbonyl (C=O) groups excluding carboxylic acids is 1. The number of amides is 1. The average molecular weight is 342 g/mol. The zero-order valence-electron chi connectivity index (χ0n) is 12.9. The number of carbonyl (C=O) groups is 1. The number of anilines is 1. The predicted molar refractivity (Wildman–Crippen MR) is 91.8 cm³/mol. The van der Waals surface area contributed by atoms with E-state index in [1.165, 1.54) is 23.9 Å². The Morgan fingerprint density at radius 1 is 1.25 bits per heavy atom. The molecule has 0 atom stereocenters. The van der Waals surface area contributed by atoms with Gasteiger partial charge in [0.1, 0.15) is 11.6 Å². The number of nitrogens with one attached hydrogen (secondary N) is 1. The third kappa shape index (κ3) is 3.99. The highest BCUT2D eigenvalue weighted by molar-refractivity contribution is 7.99. The van der Waals surface area contributed by atoms with Crippen molar-refractivity contribution in [2.45, 2.75) is 11.9 Å². The summed E-state index contributed by atoms with van der Waals surface area (Å²) < 4.78 is 14.7. The second-order valence-corrected chi connectivity index (χ2v) is 6.06. The fourth-order valence-electron chi connectivity index (χ4n) is 2.12. The summed E-state index contributed by atoms with van der Waals surface area (Å²) in [5.74, 6) is 0.310. The van der Waals surface area contributed by atoms with Crippen molar-refractivity contribution in [3.63, 3.8) is 0 Å². The minimum absolute atomic E-state index is 0.158. The smallest absolute Gasteiger partial charge is 0.235 e. The molecular weight excluding hydrogens is 327 g/mol. The van der Waals surface area contributed by atoms with Crippen LogP contribution in [-0.4, -0.2) is 26.4 Å². The molecule has 3 rings (SSSR count). The lowest BCUT2D eigenvalue weighted by Gasteiger charge is -2.08. The normalized spacial score (nSPS) is 10.6. The topological polar surface area (TPSA) is 59.8 Å². The van der Waals surface area contributed by atoms with E-state index in [0.29, 0.717) is 11.5 Å². The van der Waals surface area contributed by atoms with E-state index in [2.05, 4.69) is 15.4 Å². The number of aryl methyl sites for hydroxylation is 1. The second kappa shape index (κ2) is 7.27. The van der Waals surface area contributed by atoms with E-state index in [0.717, 1.165) is 10.7 Å². The van der Waals surface area contributed by atoms with Gasteiger partial charge in [0.25, 0.3) is 0 Å². The van der Waals surface area contributed by atoms with Crippen LogP contribution in [0, 0.1) is 12.7 Å². The molecule has 0 radical (unpaired) electrons. The number of aromatic nitrogens is 3. The van der Waals surface area contributed by atoms with Crippen LogP contribution in [0.1, 0.15) is 5.69 Å². The second-order valence-electron chi connectivity index (χ2n) is 5.06. The minimum Gasteiger partial charge on any atom is -0.310 e. The van der Waals surface area contributed by atoms with Crippen LogP contribution < -0.4 is 5.32 Å². The Balaban J connectivity index is 1.71. The van der Waals surface area contributed by atoms with E-state index in [9.17, 15) is 9.18 Å². The molecule has 0 unspecified atom stereocenters. The molecule has 0 aliphatic heterocycles. The van der Waals surface area contributed by atoms with E-state index in [1.54, 1.807) is 29.1 Å². The van der Waals surface area contributed by atoms with Crippen LogP contribution in [0.5, 0.6) is 0 Å². The van der Waals surface area contributed by atoms with Gasteiger partial charge in [0.2, 0.25) is 5.91 Å². The Morgan fingerprint density at radius 2 is 2.04 bits per heavy atom. The summed E-state index contributed by atoms with van der Waals surface area (Å²) in [6.07, 6.45) is 1.69. The maximum absolute atomic E-state index is 13.1. The number of nitrogens with zero attached hydrogens (tertiary/aromatic N) is 3. The maximum atomic E-state index is 13.1. The van der Waals surface area contributed by atoms with Gasteiger partial charge in [-0.05, 0) is 43.3 Å². The van der Waals surface area contributed by atoms with Gasteiger partial charge >= 0.3 is 0 Å². The van der Waals surface area contributed by atoms with Gasteiger partial charge in [-0.15, -0.1) is 0 Å². The molecule has 1 aromatic carbocycles. The zero-order valence-corrected chi connectivity index (χ0v) is 13.8. The van der Waals surface area contributed by atoms with Gasteiger partial charge in [-0.3, -0.25) is 4.79 Å². The van der Waals surface area contributed by atoms with Crippen LogP contribution in [0.3, 0.4) is 0 Å². The summed E-state index contributed by atoms with van der Waals surface area (Å²) in [6.45, 7) is 1.83. The number of rotatable bonds is 5. The summed E-state index contributed by atoms with van der Waals surface area (Å²) >= 11 is 1.36. The fourth-order valence-corrected chi connectivity index (χ4v) is 2.78. The number of hydrogen-bond donors (Lipinski definition) is 1. The molecular formula is C17H15FN4OS. The SMILES string of the molecule is Cc1cc(NC(=O)CSc2ccccn2)n(-c2ccc(F)cc2)n1. The zero-order chi connectivity index (χ0) is 16.9. The minimum atomic E-state index is -0.319. The van der Waals surface area contributed by atoms with Gasteiger partial charge in [-0.25, -0.2) is 14.1 Å². The van der Waals surface area contributed by atoms with Crippen LogP contribution in [0.2, 0.25) is 0 Å². The monoisotopic (exact) mass is 342 g/mol. The van der Waals surface area contributed by atoms with Crippen molar-refractivity contribution in [3.05, 3.63) is 66.2 Å². The molecule has 0 saturated heterocycles. The Bertz CT molecular complexity index is 834. The highest BCUT2D eigenvalue weighted by Crippen LogP contribution is 2.19. The summed E-state index contributed by atoms with van der Waals surface area (Å²) in [5, 5.41) is 7.96. The lowest BCUT2D eigenvalue weighted by atomic mass is 10.3. The number of pyridine rings is 1. The largest absolute Gasteiger partial charge is 0.310 e. The average Bonchev–Trinajstić information content (AvgIpc) is 2.95. The van der Waals surface area contributed by atoms with Crippen LogP contribution in [0.25, 0.3) is 5.69 Å². The van der Waals surface area contributed by atoms with Crippen LogP contribution in [0.4, 0.5) is 10.2 Å². The first-order valence-corrected chi connectivity index (χ1v) is 8.27. The maximum Gasteiger partial charge on any atom is 0.235 e. The molecule has 2 aromatic heterocycles. The van der Waals surface area contributed by atoms with Gasteiger partial charge in [0.15, 0.2) is 0 Å². The standard InChI is InChI=1S/C17H15FN4OS/c1-12-10-15(22(21-12)14-7-5-13(18)6-8-14)20-16(23)11-24-17-4-2-3-9-19-17/h2-10H,11H2,1H3,(H,20,23). The third-order valence-electron chi connectivity index (χ3n) is 3.16. The highest BCUT2D eigenvalue weighted by Gasteiger charge is 2.11. The van der Waals surface area contributed by atoms with Gasteiger partial charge in [-0.1, -0.05) is 17.8 Å². The molecule has 0 spiro atoms. The molecule has 3 aromatic rings. The molecule has 0 saturated carbocycles. The van der Waals surface area contributed by atoms with Crippen molar-refractivity contribution >= 4 is 23.5 Å². The molecule has 0 bridgehead atoms. The summed E-state index contributed by atoms with van der Waals surface area (Å²) in [4.78, 5) is 16.3. The van der Waals surface area contributed by atoms with Crippen molar-refractivity contribution < 1.29 is 9.18 Å². The number of thioether (sulfide) groups is 1. The number of halogens is 1. The van der Waals surface area contributed by atoms with E-state index in [-0.39, 0.29) is 17.5 Å². The van der Waals surface area contributed by atoms with E-state index >= 15 is 0 Å². The molecule has 7 heteroatoms. The Hall–Kier alpha value is -2.67. The van der Waals surface area contributed by atoms with Gasteiger partial charge in [0.05, 0.1) is 22.2 Å². The molecule has 0 aliphatic rings. The molecule has 5 nitrogen and oxygen atoms in total. The lowest BCUT2D eigenvalue weighted by molar-refractivity contribution is -0.113. The molecule has 122 valence electrons. The first kappa shape index (κ1) is 16.2. The van der Waals surface area contributed by atoms with Gasteiger partial charge < -0.3 is 5.32 Å². The van der Waals surface area contributed by atoms with Gasteiger partial charge in [0, 0.05) is 12.3 Å². The predicted octanol–water partition coefficient (Wildman–Crippen LogP) is 3.45. The molecule has 1 N–H and O–H groups in total. The molecule has 0 fully saturated rings. The van der Waals surface area contributed by atoms with Gasteiger partial charge in [-0.2, -0.15) is 5.10 Å². The molecule has 24 heavy (non-hydrogen) atoms. The highest BCUT2D eigenvalue weighted by atomic mass is 32.2. The number of hydrogen-bond acceptors (Lipinski definition) is 4. The Kier molecular flexibility index (Phi) is 4.90. The van der Waals surface area contributed by atoms with E-state index < -0.39 is 0 Å². The fraction of sp³-hybridized carbons (Fsp3) is 0.118. The van der Waals surface area contributed by atoms with Crippen LogP contribution >= 0.6 is 11.8 Å². The van der Waals surface area contributed by atoms with Crippen molar-refractivity contribution in [2.75, 3.05) is 11.1 Å². The first-order valence-electron chi connectivity index (χ1n) is 7.28. The summed E-state index contributed by atoms with van der Waals surface area (Å²) in [5.41, 5.74) is 1.43. The Labute approximate surface area is 142 Å². The van der Waals surface area contributed by atoms with Crippen LogP contribution in [0.15, 0.2) is 59.8 Å². The van der Waals surface area contributed by atoms with Crippen molar-refractivity contribution in [2.24, 2.45) is 0 Å². The van der Waals surface area contributed by atoms with Crippen molar-refractivity contribution in [3.8, 4) is 5.69 Å². The Morgan fingerprint density at radius 3 is 2.75 bits per heavy atom. The van der Waals surface area contributed by atoms with E-state index in [1.807, 2.05) is 25.1 Å². The van der Waals surface area contributed by atoms with Crippen LogP contribution in [-0.2, 0) is 4.79 Å². The molecule has 1 amide bonds. The van der Waals surface area contributed by atoms with Crippen molar-refractivity contribution in [1.29, 1.82) is 0 Å². The quantitative estimate of drug-likeness (QED) is 0.722. The first-order chi connectivity index (χ1) is 11.6. The molecule has 2 heterocycles. The third-order valence-corrected chi connectivity index (χ3v) is 4.10. The summed E-state index contributed by atoms with van der Waals surface area (Å²) in [7, 11) is 0. The summed E-state index contributed by atoms with van der Waals surface area (Å²) in [6, 6.07) is 13.3. The number of benzene rings is 1. The molecule has 0 aliphatic carbocycles.